The van der Waals surface area contributed by atoms with Gasteiger partial charge in [-0.05, 0) is 123 Å². The van der Waals surface area contributed by atoms with Crippen molar-refractivity contribution in [1.29, 1.82) is 5.41 Å². The van der Waals surface area contributed by atoms with Crippen LogP contribution in [-0.4, -0.2) is 6.21 Å². The van der Waals surface area contributed by atoms with Gasteiger partial charge in [0, 0.05) is 6.21 Å². The van der Waals surface area contributed by atoms with Crippen LogP contribution in [0.4, 0.5) is 0 Å². The highest BCUT2D eigenvalue weighted by molar-refractivity contribution is 5.76. The summed E-state index contributed by atoms with van der Waals surface area (Å²) in [5, 5.41) is 8.09. The van der Waals surface area contributed by atoms with E-state index in [0.29, 0.717) is 16.2 Å². The van der Waals surface area contributed by atoms with E-state index in [9.17, 15) is 0 Å². The lowest BCUT2D eigenvalue weighted by atomic mass is 9.39. The smallest absolute Gasteiger partial charge is 0.0209 e. The van der Waals surface area contributed by atoms with Crippen LogP contribution in [0.25, 0.3) is 0 Å². The van der Waals surface area contributed by atoms with Gasteiger partial charge in [-0.2, -0.15) is 0 Å². The van der Waals surface area contributed by atoms with Gasteiger partial charge in [-0.1, -0.05) is 52.5 Å². The minimum atomic E-state index is 0.367. The first-order valence-electron chi connectivity index (χ1n) is 13.4. The van der Waals surface area contributed by atoms with Crippen LogP contribution in [0.15, 0.2) is 11.1 Å². The van der Waals surface area contributed by atoms with Crippen LogP contribution in [-0.2, 0) is 0 Å². The van der Waals surface area contributed by atoms with Gasteiger partial charge in [0.1, 0.15) is 0 Å². The highest BCUT2D eigenvalue weighted by atomic mass is 14.7. The molecular weight excluding hydrogens is 362 g/mol. The molecule has 4 rings (SSSR count). The normalized spacial score (nSPS) is 47.7. The molecule has 4 fully saturated rings. The van der Waals surface area contributed by atoms with Crippen LogP contribution in [0.1, 0.15) is 119 Å². The lowest BCUT2D eigenvalue weighted by molar-refractivity contribution is -0.165. The maximum atomic E-state index is 8.09. The summed E-state index contributed by atoms with van der Waals surface area (Å²) in [5.74, 6) is 4.67. The first-order valence-corrected chi connectivity index (χ1v) is 13.4. The van der Waals surface area contributed by atoms with Crippen molar-refractivity contribution < 1.29 is 0 Å². The van der Waals surface area contributed by atoms with E-state index < -0.39 is 0 Å². The van der Waals surface area contributed by atoms with Crippen molar-refractivity contribution in [2.45, 2.75) is 119 Å². The molecule has 0 aromatic carbocycles. The molecule has 0 aliphatic heterocycles. The van der Waals surface area contributed by atoms with Crippen molar-refractivity contribution in [3.05, 3.63) is 11.1 Å². The maximum absolute atomic E-state index is 8.09. The lowest BCUT2D eigenvalue weighted by Gasteiger charge is -2.66. The highest BCUT2D eigenvalue weighted by Crippen LogP contribution is 2.71. The molecule has 0 amide bonds. The van der Waals surface area contributed by atoms with E-state index in [-0.39, 0.29) is 0 Å². The van der Waals surface area contributed by atoms with E-state index in [1.807, 2.05) is 0 Å². The number of hydrogen-bond acceptors (Lipinski definition) is 1. The largest absolute Gasteiger partial charge is 0.308 e. The molecule has 30 heavy (non-hydrogen) atoms. The monoisotopic (exact) mass is 411 g/mol. The van der Waals surface area contributed by atoms with Gasteiger partial charge in [-0.25, -0.2) is 0 Å². The summed E-state index contributed by atoms with van der Waals surface area (Å²) < 4.78 is 0. The third-order valence-corrected chi connectivity index (χ3v) is 11.7. The van der Waals surface area contributed by atoms with Crippen LogP contribution < -0.4 is 0 Å². The number of nitrogens with one attached hydrogen (secondary N) is 1. The fraction of sp³-hybridized carbons (Fsp3) is 0.897. The molecular formula is C29H49N. The van der Waals surface area contributed by atoms with E-state index in [1.165, 1.54) is 81.8 Å². The SMILES string of the molecule is CCC1CCC2(C)C3CCC4(CC)CCCC4C3CCC2C1(C)CC(C=N)=C(C)C. The van der Waals surface area contributed by atoms with Crippen LogP contribution in [0.5, 0.6) is 0 Å². The Hall–Kier alpha value is -0.590. The zero-order valence-corrected chi connectivity index (χ0v) is 20.9. The van der Waals surface area contributed by atoms with Crippen molar-refractivity contribution in [3.63, 3.8) is 0 Å². The van der Waals surface area contributed by atoms with E-state index in [0.717, 1.165) is 36.0 Å². The Morgan fingerprint density at radius 3 is 2.33 bits per heavy atom. The molecule has 0 radical (unpaired) electrons. The average Bonchev–Trinajstić information content (AvgIpc) is 3.17. The first-order chi connectivity index (χ1) is 14.3. The molecule has 0 bridgehead atoms. The molecule has 170 valence electrons. The van der Waals surface area contributed by atoms with E-state index in [4.69, 9.17) is 5.41 Å². The number of hydrogen-bond donors (Lipinski definition) is 1. The molecule has 4 aliphatic rings. The Morgan fingerprint density at radius 1 is 0.933 bits per heavy atom. The number of fused-ring (bicyclic) bond motifs is 5. The van der Waals surface area contributed by atoms with Crippen molar-refractivity contribution >= 4 is 6.21 Å². The van der Waals surface area contributed by atoms with Crippen LogP contribution in [0.2, 0.25) is 0 Å². The van der Waals surface area contributed by atoms with E-state index in [1.54, 1.807) is 6.21 Å². The maximum Gasteiger partial charge on any atom is 0.0209 e. The second kappa shape index (κ2) is 8.08. The van der Waals surface area contributed by atoms with Gasteiger partial charge < -0.3 is 5.41 Å². The van der Waals surface area contributed by atoms with Gasteiger partial charge in [0.2, 0.25) is 0 Å². The molecule has 0 heterocycles. The second-order valence-electron chi connectivity index (χ2n) is 12.7. The van der Waals surface area contributed by atoms with Crippen LogP contribution in [0, 0.1) is 51.2 Å². The quantitative estimate of drug-likeness (QED) is 0.437. The predicted molar refractivity (Wildman–Crippen MR) is 130 cm³/mol. The average molecular weight is 412 g/mol. The Labute approximate surface area is 187 Å². The standard InChI is InChI=1S/C29H49N/c1-7-22-13-16-27(5)24-14-17-29(8-2)15-9-10-25(29)23(24)11-12-26(27)28(22,6)18-21(19-30)20(3)4/h19,22-26,30H,7-18H2,1-6H3. The Kier molecular flexibility index (Phi) is 6.08. The van der Waals surface area contributed by atoms with Gasteiger partial charge in [0.15, 0.2) is 0 Å². The molecule has 0 spiro atoms. The Bertz CT molecular complexity index is 686. The molecule has 4 saturated carbocycles. The summed E-state index contributed by atoms with van der Waals surface area (Å²) in [6.45, 7) is 14.7. The lowest BCUT2D eigenvalue weighted by Crippen LogP contribution is -2.58. The zero-order chi connectivity index (χ0) is 21.7. The third-order valence-electron chi connectivity index (χ3n) is 11.7. The number of allylic oxidation sites excluding steroid dienone is 2. The molecule has 4 aliphatic carbocycles. The minimum Gasteiger partial charge on any atom is -0.308 e. The topological polar surface area (TPSA) is 23.9 Å². The van der Waals surface area contributed by atoms with Gasteiger partial charge in [-0.3, -0.25) is 0 Å². The van der Waals surface area contributed by atoms with Gasteiger partial charge in [0.05, 0.1) is 0 Å². The van der Waals surface area contributed by atoms with Crippen molar-refractivity contribution in [1.82, 2.24) is 0 Å². The second-order valence-corrected chi connectivity index (χ2v) is 12.7. The minimum absolute atomic E-state index is 0.367. The van der Waals surface area contributed by atoms with Gasteiger partial charge >= 0.3 is 0 Å². The molecule has 0 saturated heterocycles. The fourth-order valence-corrected chi connectivity index (χ4v) is 10.1. The highest BCUT2D eigenvalue weighted by Gasteiger charge is 2.62. The summed E-state index contributed by atoms with van der Waals surface area (Å²) in [5.41, 5.74) is 4.28. The Morgan fingerprint density at radius 2 is 1.70 bits per heavy atom. The predicted octanol–water partition coefficient (Wildman–Crippen LogP) is 8.83. The van der Waals surface area contributed by atoms with Crippen LogP contribution >= 0.6 is 0 Å². The fourth-order valence-electron chi connectivity index (χ4n) is 10.1. The van der Waals surface area contributed by atoms with Crippen molar-refractivity contribution in [2.24, 2.45) is 45.8 Å². The molecule has 1 nitrogen and oxygen atoms in total. The first kappa shape index (κ1) is 22.6. The summed E-state index contributed by atoms with van der Waals surface area (Å²) in [6.07, 6.45) is 19.0. The zero-order valence-electron chi connectivity index (χ0n) is 20.9. The van der Waals surface area contributed by atoms with E-state index in [2.05, 4.69) is 41.5 Å². The summed E-state index contributed by atoms with van der Waals surface area (Å²) in [6, 6.07) is 0. The number of rotatable bonds is 5. The van der Waals surface area contributed by atoms with Crippen molar-refractivity contribution in [3.8, 4) is 0 Å². The molecule has 1 heteroatoms. The molecule has 0 aromatic rings. The van der Waals surface area contributed by atoms with Gasteiger partial charge in [0.25, 0.3) is 0 Å². The summed E-state index contributed by atoms with van der Waals surface area (Å²) in [4.78, 5) is 0. The molecule has 1 N–H and O–H groups in total. The Balaban J connectivity index is 1.68. The van der Waals surface area contributed by atoms with Crippen molar-refractivity contribution in [2.75, 3.05) is 0 Å². The van der Waals surface area contributed by atoms with Crippen LogP contribution in [0.3, 0.4) is 0 Å². The van der Waals surface area contributed by atoms with Gasteiger partial charge in [-0.15, -0.1) is 0 Å². The third kappa shape index (κ3) is 3.19. The molecule has 8 atom stereocenters. The summed E-state index contributed by atoms with van der Waals surface area (Å²) >= 11 is 0. The molecule has 0 aromatic heterocycles. The summed E-state index contributed by atoms with van der Waals surface area (Å²) in [7, 11) is 0. The van der Waals surface area contributed by atoms with E-state index >= 15 is 0 Å². The molecule has 8 unspecified atom stereocenters.